The zero-order valence-electron chi connectivity index (χ0n) is 13.1. The molecule has 0 amide bonds. The maximum atomic E-state index is 13.3. The van der Waals surface area contributed by atoms with Crippen molar-refractivity contribution < 1.29 is 14.3 Å². The van der Waals surface area contributed by atoms with Gasteiger partial charge in [0.05, 0.1) is 6.04 Å². The number of aromatic nitrogens is 1. The number of benzene rings is 1. The molecule has 0 saturated heterocycles. The fraction of sp³-hybridized carbons (Fsp3) is 0.176. The highest BCUT2D eigenvalue weighted by Gasteiger charge is 2.39. The lowest BCUT2D eigenvalue weighted by molar-refractivity contribution is -0.121. The van der Waals surface area contributed by atoms with Gasteiger partial charge in [-0.25, -0.2) is 10.2 Å². The van der Waals surface area contributed by atoms with E-state index in [0.29, 0.717) is 11.3 Å². The van der Waals surface area contributed by atoms with E-state index in [1.165, 1.54) is 22.3 Å². The molecular formula is C17H17FN4O2. The Kier molecular flexibility index (Phi) is 4.39. The van der Waals surface area contributed by atoms with Crippen LogP contribution in [0, 0.1) is 5.82 Å². The van der Waals surface area contributed by atoms with Gasteiger partial charge in [0.15, 0.2) is 0 Å². The van der Waals surface area contributed by atoms with Crippen molar-refractivity contribution in [1.82, 2.24) is 15.1 Å². The number of carbonyl (C=O) groups excluding carboxylic acids is 1. The van der Waals surface area contributed by atoms with Crippen LogP contribution in [0.15, 0.2) is 54.5 Å². The Morgan fingerprint density at radius 1 is 1.25 bits per heavy atom. The van der Waals surface area contributed by atoms with E-state index in [4.69, 9.17) is 5.84 Å². The van der Waals surface area contributed by atoms with Crippen molar-refractivity contribution in [3.63, 3.8) is 0 Å². The molecular weight excluding hydrogens is 311 g/mol. The van der Waals surface area contributed by atoms with Gasteiger partial charge in [-0.2, -0.15) is 0 Å². The van der Waals surface area contributed by atoms with Gasteiger partial charge in [0.1, 0.15) is 18.1 Å². The molecule has 0 bridgehead atoms. The number of ketones is 1. The van der Waals surface area contributed by atoms with Gasteiger partial charge in [-0.15, -0.1) is 5.12 Å². The van der Waals surface area contributed by atoms with E-state index in [-0.39, 0.29) is 5.82 Å². The van der Waals surface area contributed by atoms with Gasteiger partial charge in [0.2, 0.25) is 5.78 Å². The maximum absolute atomic E-state index is 13.3. The fourth-order valence-corrected chi connectivity index (χ4v) is 2.92. The van der Waals surface area contributed by atoms with Crippen molar-refractivity contribution in [2.75, 3.05) is 13.7 Å². The Hall–Kier alpha value is -2.61. The zero-order chi connectivity index (χ0) is 17.3. The average Bonchev–Trinajstić information content (AvgIpc) is 2.87. The van der Waals surface area contributed by atoms with Crippen molar-refractivity contribution in [2.24, 2.45) is 5.84 Å². The summed E-state index contributed by atoms with van der Waals surface area (Å²) in [4.78, 5) is 16.3. The second kappa shape index (κ2) is 6.48. The molecule has 2 aromatic rings. The normalized spacial score (nSPS) is 18.3. The quantitative estimate of drug-likeness (QED) is 0.823. The van der Waals surface area contributed by atoms with Crippen molar-refractivity contribution in [3.05, 3.63) is 71.4 Å². The number of hydrazine groups is 2. The van der Waals surface area contributed by atoms with Gasteiger partial charge < -0.3 is 5.11 Å². The van der Waals surface area contributed by atoms with E-state index < -0.39 is 18.4 Å². The summed E-state index contributed by atoms with van der Waals surface area (Å²) in [5, 5.41) is 12.2. The minimum absolute atomic E-state index is 0.306. The van der Waals surface area contributed by atoms with E-state index in [9.17, 15) is 14.3 Å². The molecule has 7 heteroatoms. The largest absolute Gasteiger partial charge is 0.388 e. The topological polar surface area (TPSA) is 82.7 Å². The number of Topliss-reactive ketones (excluding diaryl/α,β-unsaturated/α-hetero) is 1. The average molecular weight is 328 g/mol. The molecule has 1 aromatic carbocycles. The van der Waals surface area contributed by atoms with E-state index in [0.717, 1.165) is 11.1 Å². The number of likely N-dealkylation sites (N-methyl/N-ethyl adjacent to an activating group) is 1. The van der Waals surface area contributed by atoms with Crippen LogP contribution in [-0.2, 0) is 4.79 Å². The summed E-state index contributed by atoms with van der Waals surface area (Å²) in [5.41, 5.74) is 2.45. The summed E-state index contributed by atoms with van der Waals surface area (Å²) < 4.78 is 13.3. The first-order valence-corrected chi connectivity index (χ1v) is 7.36. The number of aliphatic hydroxyl groups is 1. The third-order valence-corrected chi connectivity index (χ3v) is 4.05. The minimum Gasteiger partial charge on any atom is -0.388 e. The molecule has 3 rings (SSSR count). The third kappa shape index (κ3) is 2.69. The van der Waals surface area contributed by atoms with Gasteiger partial charge in [0, 0.05) is 25.0 Å². The standard InChI is InChI=1S/C17H17FN4O2/c1-21-17(14(24)10-23)15(11-6-8-20-9-7-11)16(22(21)19)12-2-4-13(18)5-3-12/h2-9,16,23H,10,19H2,1H3. The van der Waals surface area contributed by atoms with Gasteiger partial charge in [0.25, 0.3) is 0 Å². The molecule has 0 spiro atoms. The van der Waals surface area contributed by atoms with Crippen molar-refractivity contribution in [3.8, 4) is 0 Å². The smallest absolute Gasteiger partial charge is 0.205 e. The molecule has 0 aliphatic carbocycles. The molecule has 0 saturated carbocycles. The molecule has 3 N–H and O–H groups in total. The third-order valence-electron chi connectivity index (χ3n) is 4.05. The predicted molar refractivity (Wildman–Crippen MR) is 86.2 cm³/mol. The predicted octanol–water partition coefficient (Wildman–Crippen LogP) is 1.27. The van der Waals surface area contributed by atoms with Crippen molar-refractivity contribution in [1.29, 1.82) is 0 Å². The summed E-state index contributed by atoms with van der Waals surface area (Å²) in [5.74, 6) is 5.39. The Labute approximate surface area is 138 Å². The Balaban J connectivity index is 2.20. The highest BCUT2D eigenvalue weighted by atomic mass is 19.1. The van der Waals surface area contributed by atoms with Gasteiger partial charge in [-0.05, 0) is 35.4 Å². The van der Waals surface area contributed by atoms with E-state index in [1.54, 1.807) is 43.7 Å². The molecule has 1 aromatic heterocycles. The highest BCUT2D eigenvalue weighted by Crippen LogP contribution is 2.43. The minimum atomic E-state index is -0.627. The molecule has 1 aliphatic rings. The fourth-order valence-electron chi connectivity index (χ4n) is 2.92. The van der Waals surface area contributed by atoms with Crippen LogP contribution >= 0.6 is 0 Å². The molecule has 124 valence electrons. The summed E-state index contributed by atoms with van der Waals surface area (Å²) in [6.45, 7) is -0.627. The van der Waals surface area contributed by atoms with Crippen molar-refractivity contribution in [2.45, 2.75) is 6.04 Å². The number of hydrogen-bond acceptors (Lipinski definition) is 6. The van der Waals surface area contributed by atoms with Crippen LogP contribution in [0.1, 0.15) is 17.2 Å². The number of aliphatic hydroxyl groups excluding tert-OH is 1. The second-order valence-corrected chi connectivity index (χ2v) is 5.44. The van der Waals surface area contributed by atoms with Crippen LogP contribution in [0.3, 0.4) is 0 Å². The Morgan fingerprint density at radius 3 is 2.46 bits per heavy atom. The summed E-state index contributed by atoms with van der Waals surface area (Å²) in [6, 6.07) is 9.00. The highest BCUT2D eigenvalue weighted by molar-refractivity contribution is 6.04. The first-order valence-electron chi connectivity index (χ1n) is 7.36. The lowest BCUT2D eigenvalue weighted by Gasteiger charge is -2.28. The van der Waals surface area contributed by atoms with Crippen LogP contribution in [0.5, 0.6) is 0 Å². The number of rotatable bonds is 4. The number of nitrogens with two attached hydrogens (primary N) is 1. The molecule has 0 radical (unpaired) electrons. The first kappa shape index (κ1) is 16.3. The summed E-state index contributed by atoms with van der Waals surface area (Å²) in [6.07, 6.45) is 3.23. The molecule has 24 heavy (non-hydrogen) atoms. The zero-order valence-corrected chi connectivity index (χ0v) is 13.1. The number of halogens is 1. The molecule has 0 fully saturated rings. The lowest BCUT2D eigenvalue weighted by atomic mass is 9.92. The SMILES string of the molecule is CN1C(C(=O)CO)=C(c2ccncc2)C(c2ccc(F)cc2)N1N. The van der Waals surface area contributed by atoms with Crippen molar-refractivity contribution >= 4 is 11.4 Å². The number of carbonyl (C=O) groups is 1. The molecule has 2 heterocycles. The molecule has 1 aliphatic heterocycles. The monoisotopic (exact) mass is 328 g/mol. The summed E-state index contributed by atoms with van der Waals surface area (Å²) >= 11 is 0. The molecule has 6 nitrogen and oxygen atoms in total. The number of nitrogens with zero attached hydrogens (tertiary/aromatic N) is 3. The summed E-state index contributed by atoms with van der Waals surface area (Å²) in [7, 11) is 1.65. The van der Waals surface area contributed by atoms with E-state index in [1.807, 2.05) is 0 Å². The lowest BCUT2D eigenvalue weighted by Crippen LogP contribution is -2.43. The Morgan fingerprint density at radius 2 is 1.88 bits per heavy atom. The van der Waals surface area contributed by atoms with Gasteiger partial charge in [-0.3, -0.25) is 14.8 Å². The van der Waals surface area contributed by atoms with Gasteiger partial charge in [-0.1, -0.05) is 12.1 Å². The second-order valence-electron chi connectivity index (χ2n) is 5.44. The van der Waals surface area contributed by atoms with E-state index in [2.05, 4.69) is 4.98 Å². The van der Waals surface area contributed by atoms with Crippen LogP contribution < -0.4 is 5.84 Å². The first-order chi connectivity index (χ1) is 11.5. The van der Waals surface area contributed by atoms with Gasteiger partial charge >= 0.3 is 0 Å². The Bertz CT molecular complexity index is 777. The number of pyridine rings is 1. The van der Waals surface area contributed by atoms with Crippen LogP contribution in [0.25, 0.3) is 5.57 Å². The van der Waals surface area contributed by atoms with Crippen LogP contribution in [-0.4, -0.2) is 39.7 Å². The van der Waals surface area contributed by atoms with Crippen LogP contribution in [0.2, 0.25) is 0 Å². The van der Waals surface area contributed by atoms with Crippen LogP contribution in [0.4, 0.5) is 4.39 Å². The molecule has 1 atom stereocenters. The van der Waals surface area contributed by atoms with E-state index >= 15 is 0 Å². The maximum Gasteiger partial charge on any atom is 0.205 e. The molecule has 1 unspecified atom stereocenters. The number of hydrogen-bond donors (Lipinski definition) is 2.